The molecule has 0 radical (unpaired) electrons. The number of anilines is 1. The van der Waals surface area contributed by atoms with Crippen LogP contribution in [0.5, 0.6) is 5.75 Å². The van der Waals surface area contributed by atoms with Crippen molar-refractivity contribution in [2.24, 2.45) is 17.8 Å². The van der Waals surface area contributed by atoms with Crippen molar-refractivity contribution in [2.75, 3.05) is 12.4 Å². The van der Waals surface area contributed by atoms with Crippen LogP contribution in [0.1, 0.15) is 63.6 Å². The number of alkyl halides is 3. The molecule has 0 amide bonds. The average molecular weight is 478 g/mol. The van der Waals surface area contributed by atoms with Gasteiger partial charge >= 0.3 is 12.1 Å². The Morgan fingerprint density at radius 3 is 2.26 bits per heavy atom. The smallest absolute Gasteiger partial charge is 0.416 e. The predicted molar refractivity (Wildman–Crippen MR) is 127 cm³/mol. The van der Waals surface area contributed by atoms with Gasteiger partial charge in [0.2, 0.25) is 0 Å². The van der Waals surface area contributed by atoms with Gasteiger partial charge in [0.1, 0.15) is 11.9 Å². The summed E-state index contributed by atoms with van der Waals surface area (Å²) in [5, 5.41) is 3.28. The summed E-state index contributed by atoms with van der Waals surface area (Å²) in [6.07, 6.45) is -1.54. The Balaban J connectivity index is 1.78. The second-order valence-electron chi connectivity index (χ2n) is 9.60. The van der Waals surface area contributed by atoms with E-state index >= 15 is 0 Å². The molecule has 3 rings (SSSR count). The first-order chi connectivity index (χ1) is 16.1. The molecule has 1 saturated carbocycles. The highest BCUT2D eigenvalue weighted by Gasteiger charge is 2.34. The summed E-state index contributed by atoms with van der Waals surface area (Å²) < 4.78 is 50.3. The van der Waals surface area contributed by atoms with Gasteiger partial charge in [0.25, 0.3) is 0 Å². The highest BCUT2D eigenvalue weighted by Crippen LogP contribution is 2.36. The highest BCUT2D eigenvalue weighted by molar-refractivity contribution is 5.71. The van der Waals surface area contributed by atoms with E-state index in [0.29, 0.717) is 29.1 Å². The van der Waals surface area contributed by atoms with E-state index in [1.165, 1.54) is 12.1 Å². The van der Waals surface area contributed by atoms with Crippen molar-refractivity contribution in [3.8, 4) is 5.75 Å². The second kappa shape index (κ2) is 11.2. The molecule has 0 aliphatic heterocycles. The van der Waals surface area contributed by atoms with Crippen molar-refractivity contribution in [1.82, 2.24) is 0 Å². The van der Waals surface area contributed by atoms with Gasteiger partial charge in [-0.1, -0.05) is 39.3 Å². The first-order valence-electron chi connectivity index (χ1n) is 11.8. The van der Waals surface area contributed by atoms with Gasteiger partial charge in [-0.25, -0.2) is 0 Å². The fraction of sp³-hybridized carbons (Fsp3) is 0.519. The molecule has 0 heterocycles. The van der Waals surface area contributed by atoms with Gasteiger partial charge in [-0.05, 0) is 72.6 Å². The third-order valence-corrected chi connectivity index (χ3v) is 6.69. The van der Waals surface area contributed by atoms with Gasteiger partial charge < -0.3 is 14.8 Å². The van der Waals surface area contributed by atoms with Gasteiger partial charge in [0, 0.05) is 5.69 Å². The molecule has 4 nitrogen and oxygen atoms in total. The van der Waals surface area contributed by atoms with Crippen molar-refractivity contribution in [3.63, 3.8) is 0 Å². The number of carbonyl (C=O) groups is 1. The van der Waals surface area contributed by atoms with Crippen LogP contribution in [0, 0.1) is 17.8 Å². The lowest BCUT2D eigenvalue weighted by Gasteiger charge is -2.37. The molecule has 0 bridgehead atoms. The topological polar surface area (TPSA) is 47.6 Å². The van der Waals surface area contributed by atoms with E-state index in [0.717, 1.165) is 37.1 Å². The Kier molecular flexibility index (Phi) is 8.50. The summed E-state index contributed by atoms with van der Waals surface area (Å²) in [6.45, 7) is 6.48. The zero-order valence-corrected chi connectivity index (χ0v) is 20.2. The van der Waals surface area contributed by atoms with Gasteiger partial charge in [0.05, 0.1) is 25.1 Å². The number of nitrogens with one attached hydrogen (secondary N) is 1. The minimum Gasteiger partial charge on any atom is -0.497 e. The van der Waals surface area contributed by atoms with Crippen LogP contribution in [0.2, 0.25) is 0 Å². The van der Waals surface area contributed by atoms with Crippen LogP contribution in [0.3, 0.4) is 0 Å². The number of hydrogen-bond acceptors (Lipinski definition) is 4. The molecular weight excluding hydrogens is 443 g/mol. The molecule has 0 saturated heterocycles. The standard InChI is InChI=1S/C27H34F3NO3/c1-17(2)23-14-5-18(3)15-25(23)34-26(32)16-24(31-21-10-12-22(33-4)13-11-21)19-6-8-20(9-7-19)27(28,29)30/h6-13,17-18,23-25,31H,5,14-16H2,1-4H3/t18-,23+,24-,25-/m1/s1. The van der Waals surface area contributed by atoms with Gasteiger partial charge in [0.15, 0.2) is 0 Å². The van der Waals surface area contributed by atoms with Crippen LogP contribution >= 0.6 is 0 Å². The molecule has 2 aromatic carbocycles. The molecule has 7 heteroatoms. The third-order valence-electron chi connectivity index (χ3n) is 6.69. The summed E-state index contributed by atoms with van der Waals surface area (Å²) in [4.78, 5) is 13.0. The van der Waals surface area contributed by atoms with E-state index in [1.54, 1.807) is 31.4 Å². The molecule has 1 aliphatic carbocycles. The number of methoxy groups -OCH3 is 1. The monoisotopic (exact) mass is 477 g/mol. The van der Waals surface area contributed by atoms with Crippen LogP contribution < -0.4 is 10.1 Å². The lowest BCUT2D eigenvalue weighted by Crippen LogP contribution is -2.36. The maximum Gasteiger partial charge on any atom is 0.416 e. The van der Waals surface area contributed by atoms with Crippen molar-refractivity contribution < 1.29 is 27.4 Å². The van der Waals surface area contributed by atoms with Crippen molar-refractivity contribution in [3.05, 3.63) is 59.7 Å². The number of carbonyl (C=O) groups excluding carboxylic acids is 1. The summed E-state index contributed by atoms with van der Waals surface area (Å²) in [6, 6.07) is 11.5. The minimum absolute atomic E-state index is 0.00703. The number of benzene rings is 2. The van der Waals surface area contributed by atoms with Crippen LogP contribution in [-0.4, -0.2) is 19.2 Å². The molecular formula is C27H34F3NO3. The normalized spacial score (nSPS) is 21.7. The Hall–Kier alpha value is -2.70. The second-order valence-corrected chi connectivity index (χ2v) is 9.60. The summed E-state index contributed by atoms with van der Waals surface area (Å²) >= 11 is 0. The van der Waals surface area contributed by atoms with Gasteiger partial charge in [-0.3, -0.25) is 4.79 Å². The Morgan fingerprint density at radius 1 is 1.06 bits per heavy atom. The van der Waals surface area contributed by atoms with E-state index in [2.05, 4.69) is 26.1 Å². The van der Waals surface area contributed by atoms with Crippen LogP contribution in [0.15, 0.2) is 48.5 Å². The first kappa shape index (κ1) is 25.9. The predicted octanol–water partition coefficient (Wildman–Crippen LogP) is 7.26. The number of halogens is 3. The molecule has 1 fully saturated rings. The molecule has 4 atom stereocenters. The first-order valence-corrected chi connectivity index (χ1v) is 11.8. The number of hydrogen-bond donors (Lipinski definition) is 1. The van der Waals surface area contributed by atoms with Crippen LogP contribution in [-0.2, 0) is 15.7 Å². The molecule has 1 N–H and O–H groups in total. The fourth-order valence-electron chi connectivity index (χ4n) is 4.68. The molecule has 0 aromatic heterocycles. The fourth-order valence-corrected chi connectivity index (χ4v) is 4.68. The Morgan fingerprint density at radius 2 is 1.71 bits per heavy atom. The number of ether oxygens (including phenoxy) is 2. The van der Waals surface area contributed by atoms with E-state index < -0.39 is 17.8 Å². The summed E-state index contributed by atoms with van der Waals surface area (Å²) in [7, 11) is 1.57. The van der Waals surface area contributed by atoms with Gasteiger partial charge in [-0.15, -0.1) is 0 Å². The van der Waals surface area contributed by atoms with E-state index in [9.17, 15) is 18.0 Å². The van der Waals surface area contributed by atoms with E-state index in [-0.39, 0.29) is 18.5 Å². The zero-order valence-electron chi connectivity index (χ0n) is 20.2. The van der Waals surface area contributed by atoms with Gasteiger partial charge in [-0.2, -0.15) is 13.2 Å². The molecule has 2 aromatic rings. The van der Waals surface area contributed by atoms with Crippen molar-refractivity contribution in [1.29, 1.82) is 0 Å². The van der Waals surface area contributed by atoms with Crippen LogP contribution in [0.4, 0.5) is 18.9 Å². The Bertz CT molecular complexity index is 926. The Labute approximate surface area is 199 Å². The molecule has 186 valence electrons. The quantitative estimate of drug-likeness (QED) is 0.407. The van der Waals surface area contributed by atoms with E-state index in [1.807, 2.05) is 0 Å². The molecule has 34 heavy (non-hydrogen) atoms. The molecule has 0 spiro atoms. The maximum absolute atomic E-state index is 13.0. The number of rotatable bonds is 8. The molecule has 0 unspecified atom stereocenters. The lowest BCUT2D eigenvalue weighted by atomic mass is 9.75. The largest absolute Gasteiger partial charge is 0.497 e. The zero-order chi connectivity index (χ0) is 24.9. The average Bonchev–Trinajstić information content (AvgIpc) is 2.78. The molecule has 1 aliphatic rings. The van der Waals surface area contributed by atoms with Crippen LogP contribution in [0.25, 0.3) is 0 Å². The lowest BCUT2D eigenvalue weighted by molar-refractivity contribution is -0.156. The van der Waals surface area contributed by atoms with Crippen molar-refractivity contribution in [2.45, 2.75) is 64.8 Å². The maximum atomic E-state index is 13.0. The van der Waals surface area contributed by atoms with Crippen molar-refractivity contribution >= 4 is 11.7 Å². The van der Waals surface area contributed by atoms with E-state index in [4.69, 9.17) is 9.47 Å². The third kappa shape index (κ3) is 6.90. The number of esters is 1. The highest BCUT2D eigenvalue weighted by atomic mass is 19.4. The summed E-state index contributed by atoms with van der Waals surface area (Å²) in [5.41, 5.74) is 0.584. The minimum atomic E-state index is -4.42. The SMILES string of the molecule is COc1ccc(N[C@H](CC(=O)O[C@@H]2C[C@H](C)CC[C@H]2C(C)C)c2ccc(C(F)(F)F)cc2)cc1. The summed E-state index contributed by atoms with van der Waals surface area (Å²) in [5.74, 6) is 1.56.